The van der Waals surface area contributed by atoms with Gasteiger partial charge in [-0.15, -0.1) is 0 Å². The number of para-hydroxylation sites is 1. The number of benzene rings is 1. The molecule has 0 aliphatic carbocycles. The molecule has 1 aromatic carbocycles. The Bertz CT molecular complexity index is 735. The molecule has 0 aliphatic rings. The molecular formula is C16H15N3. The highest BCUT2D eigenvalue weighted by molar-refractivity contribution is 5.93. The maximum absolute atomic E-state index is 5.80. The van der Waals surface area contributed by atoms with Gasteiger partial charge in [0.15, 0.2) is 0 Å². The standard InChI is InChI=1S/C16H15N3/c1-2-12-6-4-8-14(18-12)13-7-3-5-11-9-10-15(17)19-16(11)13/h3-10H,2H2,1H3,(H2,17,19). The zero-order chi connectivity index (χ0) is 13.2. The van der Waals surface area contributed by atoms with Crippen LogP contribution >= 0.6 is 0 Å². The molecule has 3 aromatic rings. The topological polar surface area (TPSA) is 51.8 Å². The minimum absolute atomic E-state index is 0.534. The van der Waals surface area contributed by atoms with E-state index in [0.717, 1.165) is 34.3 Å². The Kier molecular flexibility index (Phi) is 2.88. The Hall–Kier alpha value is -2.42. The molecule has 0 unspecified atom stereocenters. The number of fused-ring (bicyclic) bond motifs is 1. The summed E-state index contributed by atoms with van der Waals surface area (Å²) in [4.78, 5) is 9.11. The number of nitrogens with two attached hydrogens (primary N) is 1. The minimum Gasteiger partial charge on any atom is -0.384 e. The number of hydrogen-bond acceptors (Lipinski definition) is 3. The average molecular weight is 249 g/mol. The normalized spacial score (nSPS) is 10.8. The molecule has 2 heterocycles. The predicted octanol–water partition coefficient (Wildman–Crippen LogP) is 3.44. The molecule has 0 spiro atoms. The number of aromatic nitrogens is 2. The number of rotatable bonds is 2. The second-order valence-electron chi connectivity index (χ2n) is 4.48. The third kappa shape index (κ3) is 2.15. The van der Waals surface area contributed by atoms with Gasteiger partial charge in [-0.3, -0.25) is 4.98 Å². The molecule has 3 heteroatoms. The molecule has 0 saturated carbocycles. The van der Waals surface area contributed by atoms with Gasteiger partial charge < -0.3 is 5.73 Å². The van der Waals surface area contributed by atoms with Crippen LogP contribution in [0.1, 0.15) is 12.6 Å². The number of aryl methyl sites for hydroxylation is 1. The highest BCUT2D eigenvalue weighted by Gasteiger charge is 2.07. The Balaban J connectivity index is 2.26. The van der Waals surface area contributed by atoms with Gasteiger partial charge in [-0.1, -0.05) is 31.2 Å². The molecule has 0 aliphatic heterocycles. The van der Waals surface area contributed by atoms with Gasteiger partial charge >= 0.3 is 0 Å². The third-order valence-corrected chi connectivity index (χ3v) is 3.19. The van der Waals surface area contributed by atoms with E-state index in [0.29, 0.717) is 5.82 Å². The summed E-state index contributed by atoms with van der Waals surface area (Å²) >= 11 is 0. The molecule has 0 atom stereocenters. The fourth-order valence-corrected chi connectivity index (χ4v) is 2.20. The highest BCUT2D eigenvalue weighted by atomic mass is 14.8. The summed E-state index contributed by atoms with van der Waals surface area (Å²) in [5, 5.41) is 1.08. The highest BCUT2D eigenvalue weighted by Crippen LogP contribution is 2.26. The Morgan fingerprint density at radius 2 is 1.79 bits per heavy atom. The summed E-state index contributed by atoms with van der Waals surface area (Å²) < 4.78 is 0. The lowest BCUT2D eigenvalue weighted by atomic mass is 10.1. The molecule has 3 rings (SSSR count). The Labute approximate surface area is 112 Å². The molecule has 0 bridgehead atoms. The zero-order valence-electron chi connectivity index (χ0n) is 10.8. The Morgan fingerprint density at radius 3 is 2.63 bits per heavy atom. The van der Waals surface area contributed by atoms with Crippen molar-refractivity contribution in [1.82, 2.24) is 9.97 Å². The maximum atomic E-state index is 5.80. The Morgan fingerprint density at radius 1 is 0.947 bits per heavy atom. The first-order chi connectivity index (χ1) is 9.28. The van der Waals surface area contributed by atoms with Crippen LogP contribution in [0.4, 0.5) is 5.82 Å². The summed E-state index contributed by atoms with van der Waals surface area (Å²) in [5.41, 5.74) is 9.76. The van der Waals surface area contributed by atoms with Crippen LogP contribution in [0.25, 0.3) is 22.2 Å². The fourth-order valence-electron chi connectivity index (χ4n) is 2.20. The smallest absolute Gasteiger partial charge is 0.124 e. The van der Waals surface area contributed by atoms with Crippen LogP contribution in [-0.2, 0) is 6.42 Å². The molecule has 2 N–H and O–H groups in total. The SMILES string of the molecule is CCc1cccc(-c2cccc3ccc(N)nc23)n1. The molecule has 19 heavy (non-hydrogen) atoms. The van der Waals surface area contributed by atoms with Crippen LogP contribution in [0.2, 0.25) is 0 Å². The van der Waals surface area contributed by atoms with Gasteiger partial charge in [0, 0.05) is 16.6 Å². The zero-order valence-corrected chi connectivity index (χ0v) is 10.8. The number of nitrogen functional groups attached to an aromatic ring is 1. The molecule has 0 amide bonds. The first-order valence-electron chi connectivity index (χ1n) is 6.39. The van der Waals surface area contributed by atoms with Crippen molar-refractivity contribution in [2.75, 3.05) is 5.73 Å². The number of nitrogens with zero attached hydrogens (tertiary/aromatic N) is 2. The number of anilines is 1. The van der Waals surface area contributed by atoms with Gasteiger partial charge in [-0.05, 0) is 30.7 Å². The average Bonchev–Trinajstić information content (AvgIpc) is 2.46. The van der Waals surface area contributed by atoms with Crippen LogP contribution in [0, 0.1) is 0 Å². The van der Waals surface area contributed by atoms with Crippen molar-refractivity contribution in [3.05, 3.63) is 54.2 Å². The van der Waals surface area contributed by atoms with E-state index >= 15 is 0 Å². The summed E-state index contributed by atoms with van der Waals surface area (Å²) in [6.45, 7) is 2.10. The predicted molar refractivity (Wildman–Crippen MR) is 78.8 cm³/mol. The molecule has 0 fully saturated rings. The van der Waals surface area contributed by atoms with Crippen molar-refractivity contribution in [3.8, 4) is 11.3 Å². The van der Waals surface area contributed by atoms with Crippen LogP contribution in [0.15, 0.2) is 48.5 Å². The number of pyridine rings is 2. The number of hydrogen-bond donors (Lipinski definition) is 1. The lowest BCUT2D eigenvalue weighted by molar-refractivity contribution is 1.04. The van der Waals surface area contributed by atoms with E-state index in [2.05, 4.69) is 16.9 Å². The van der Waals surface area contributed by atoms with Gasteiger partial charge in [-0.25, -0.2) is 4.98 Å². The lowest BCUT2D eigenvalue weighted by Gasteiger charge is -2.07. The third-order valence-electron chi connectivity index (χ3n) is 3.19. The summed E-state index contributed by atoms with van der Waals surface area (Å²) in [5.74, 6) is 0.534. The van der Waals surface area contributed by atoms with Crippen molar-refractivity contribution in [3.63, 3.8) is 0 Å². The molecular weight excluding hydrogens is 234 g/mol. The van der Waals surface area contributed by atoms with Crippen molar-refractivity contribution < 1.29 is 0 Å². The molecule has 0 radical (unpaired) electrons. The molecule has 2 aromatic heterocycles. The monoisotopic (exact) mass is 249 g/mol. The van der Waals surface area contributed by atoms with E-state index in [1.165, 1.54) is 0 Å². The first-order valence-corrected chi connectivity index (χ1v) is 6.39. The van der Waals surface area contributed by atoms with Crippen LogP contribution in [0.3, 0.4) is 0 Å². The summed E-state index contributed by atoms with van der Waals surface area (Å²) in [6, 6.07) is 16.0. The van der Waals surface area contributed by atoms with E-state index in [4.69, 9.17) is 5.73 Å². The second kappa shape index (κ2) is 4.69. The van der Waals surface area contributed by atoms with Crippen molar-refractivity contribution in [1.29, 1.82) is 0 Å². The van der Waals surface area contributed by atoms with E-state index in [1.807, 2.05) is 48.5 Å². The van der Waals surface area contributed by atoms with E-state index in [-0.39, 0.29) is 0 Å². The molecule has 94 valence electrons. The first kappa shape index (κ1) is 11.7. The van der Waals surface area contributed by atoms with Crippen LogP contribution in [-0.4, -0.2) is 9.97 Å². The molecule has 0 saturated heterocycles. The van der Waals surface area contributed by atoms with Gasteiger partial charge in [0.1, 0.15) is 5.82 Å². The minimum atomic E-state index is 0.534. The van der Waals surface area contributed by atoms with E-state index in [9.17, 15) is 0 Å². The van der Waals surface area contributed by atoms with Crippen molar-refractivity contribution in [2.24, 2.45) is 0 Å². The van der Waals surface area contributed by atoms with Crippen LogP contribution < -0.4 is 5.73 Å². The largest absolute Gasteiger partial charge is 0.384 e. The van der Waals surface area contributed by atoms with Gasteiger partial charge in [0.25, 0.3) is 0 Å². The summed E-state index contributed by atoms with van der Waals surface area (Å²) in [6.07, 6.45) is 0.925. The maximum Gasteiger partial charge on any atom is 0.124 e. The van der Waals surface area contributed by atoms with E-state index in [1.54, 1.807) is 0 Å². The van der Waals surface area contributed by atoms with Crippen LogP contribution in [0.5, 0.6) is 0 Å². The fraction of sp³-hybridized carbons (Fsp3) is 0.125. The summed E-state index contributed by atoms with van der Waals surface area (Å²) in [7, 11) is 0. The van der Waals surface area contributed by atoms with Crippen molar-refractivity contribution >= 4 is 16.7 Å². The second-order valence-corrected chi connectivity index (χ2v) is 4.48. The molecule has 3 nitrogen and oxygen atoms in total. The lowest BCUT2D eigenvalue weighted by Crippen LogP contribution is -1.94. The van der Waals surface area contributed by atoms with E-state index < -0.39 is 0 Å². The quantitative estimate of drug-likeness (QED) is 0.757. The van der Waals surface area contributed by atoms with Gasteiger partial charge in [-0.2, -0.15) is 0 Å². The van der Waals surface area contributed by atoms with Gasteiger partial charge in [0.05, 0.1) is 11.2 Å². The van der Waals surface area contributed by atoms with Gasteiger partial charge in [0.2, 0.25) is 0 Å². The van der Waals surface area contributed by atoms with Crippen molar-refractivity contribution in [2.45, 2.75) is 13.3 Å².